The Morgan fingerprint density at radius 2 is 2.32 bits per heavy atom. The molecular weight excluding hydrogens is 273 g/mol. The van der Waals surface area contributed by atoms with Gasteiger partial charge in [0, 0.05) is 5.56 Å². The highest BCUT2D eigenvalue weighted by molar-refractivity contribution is 5.85. The van der Waals surface area contributed by atoms with Crippen LogP contribution in [0.2, 0.25) is 0 Å². The summed E-state index contributed by atoms with van der Waals surface area (Å²) in [6.45, 7) is 2.55. The monoisotopic (exact) mass is 289 g/mol. The minimum atomic E-state index is -1.28. The van der Waals surface area contributed by atoms with Crippen LogP contribution >= 0.6 is 12.4 Å². The van der Waals surface area contributed by atoms with Gasteiger partial charge in [-0.05, 0) is 37.5 Å². The molecule has 2 rings (SSSR count). The molecule has 0 saturated heterocycles. The lowest BCUT2D eigenvalue weighted by molar-refractivity contribution is 0.182. The van der Waals surface area contributed by atoms with Crippen molar-refractivity contribution in [2.45, 2.75) is 25.9 Å². The van der Waals surface area contributed by atoms with Gasteiger partial charge in [-0.25, -0.2) is 4.39 Å². The number of ether oxygens (including phenoxy) is 2. The Balaban J connectivity index is 0.00000180. The Morgan fingerprint density at radius 3 is 3.00 bits per heavy atom. The fourth-order valence-corrected chi connectivity index (χ4v) is 2.05. The molecule has 1 aromatic rings. The van der Waals surface area contributed by atoms with Crippen molar-refractivity contribution in [2.24, 2.45) is 0 Å². The lowest BCUT2D eigenvalue weighted by Crippen LogP contribution is -2.18. The van der Waals surface area contributed by atoms with Gasteiger partial charge in [-0.2, -0.15) is 0 Å². The molecule has 1 unspecified atom stereocenters. The summed E-state index contributed by atoms with van der Waals surface area (Å²) in [7, 11) is 0. The predicted molar refractivity (Wildman–Crippen MR) is 71.8 cm³/mol. The number of benzene rings is 1. The number of hydrogen-bond donors (Lipinski definition) is 2. The van der Waals surface area contributed by atoms with E-state index in [1.165, 1.54) is 12.1 Å². The van der Waals surface area contributed by atoms with Crippen LogP contribution in [0.5, 0.6) is 5.75 Å². The summed E-state index contributed by atoms with van der Waals surface area (Å²) in [6, 6.07) is 2.61. The number of aliphatic hydroxyl groups excluding tert-OH is 1. The van der Waals surface area contributed by atoms with E-state index in [-0.39, 0.29) is 30.5 Å². The van der Waals surface area contributed by atoms with E-state index in [1.54, 1.807) is 6.92 Å². The lowest BCUT2D eigenvalue weighted by atomic mass is 9.99. The third kappa shape index (κ3) is 3.36. The van der Waals surface area contributed by atoms with E-state index in [4.69, 9.17) is 14.9 Å². The largest absolute Gasteiger partial charge is 0.493 e. The molecule has 0 aliphatic carbocycles. The second-order valence-corrected chi connectivity index (χ2v) is 4.14. The SMILES string of the molecule is CCOC(=N)C(O)c1cc(F)cc2c1OCCC2.Cl. The quantitative estimate of drug-likeness (QED) is 0.664. The minimum absolute atomic E-state index is 0. The van der Waals surface area contributed by atoms with Crippen molar-refractivity contribution in [3.05, 3.63) is 29.1 Å². The van der Waals surface area contributed by atoms with E-state index in [0.717, 1.165) is 18.4 Å². The highest BCUT2D eigenvalue weighted by Crippen LogP contribution is 2.34. The van der Waals surface area contributed by atoms with Crippen molar-refractivity contribution >= 4 is 18.3 Å². The molecule has 0 spiro atoms. The first-order valence-corrected chi connectivity index (χ1v) is 5.98. The topological polar surface area (TPSA) is 62.5 Å². The zero-order valence-electron chi connectivity index (χ0n) is 10.6. The molecule has 2 N–H and O–H groups in total. The Labute approximate surface area is 117 Å². The van der Waals surface area contributed by atoms with Gasteiger partial charge in [0.1, 0.15) is 11.6 Å². The number of nitrogens with one attached hydrogen (secondary N) is 1. The molecule has 0 aromatic heterocycles. The minimum Gasteiger partial charge on any atom is -0.493 e. The van der Waals surface area contributed by atoms with Crippen LogP contribution in [0.4, 0.5) is 4.39 Å². The average molecular weight is 290 g/mol. The third-order valence-corrected chi connectivity index (χ3v) is 2.84. The van der Waals surface area contributed by atoms with Crippen LogP contribution in [0, 0.1) is 11.2 Å². The predicted octanol–water partition coefficient (Wildman–Crippen LogP) is 2.62. The third-order valence-electron chi connectivity index (χ3n) is 2.84. The molecular formula is C13H17ClFNO3. The van der Waals surface area contributed by atoms with E-state index in [1.807, 2.05) is 0 Å². The molecule has 0 amide bonds. The molecule has 4 nitrogen and oxygen atoms in total. The number of hydrogen-bond acceptors (Lipinski definition) is 4. The van der Waals surface area contributed by atoms with Gasteiger partial charge >= 0.3 is 0 Å². The summed E-state index contributed by atoms with van der Waals surface area (Å²) in [6.07, 6.45) is 0.261. The first kappa shape index (κ1) is 15.7. The highest BCUT2D eigenvalue weighted by atomic mass is 35.5. The van der Waals surface area contributed by atoms with Crippen LogP contribution in [0.25, 0.3) is 0 Å². The normalized spacial score (nSPS) is 14.7. The summed E-state index contributed by atoms with van der Waals surface area (Å²) in [4.78, 5) is 0. The van der Waals surface area contributed by atoms with Crippen molar-refractivity contribution in [3.8, 4) is 5.75 Å². The molecule has 1 aliphatic rings. The average Bonchev–Trinajstić information content (AvgIpc) is 2.37. The maximum absolute atomic E-state index is 13.5. The molecule has 1 aromatic carbocycles. The first-order chi connectivity index (χ1) is 8.63. The van der Waals surface area contributed by atoms with E-state index in [2.05, 4.69) is 0 Å². The zero-order valence-corrected chi connectivity index (χ0v) is 11.4. The smallest absolute Gasteiger partial charge is 0.215 e. The van der Waals surface area contributed by atoms with Gasteiger partial charge in [-0.1, -0.05) is 0 Å². The van der Waals surface area contributed by atoms with Crippen LogP contribution in [0.3, 0.4) is 0 Å². The Kier molecular flexibility index (Phi) is 5.57. The maximum atomic E-state index is 13.5. The van der Waals surface area contributed by atoms with E-state index in [0.29, 0.717) is 12.4 Å². The summed E-state index contributed by atoms with van der Waals surface area (Å²) >= 11 is 0. The fraction of sp³-hybridized carbons (Fsp3) is 0.462. The number of aliphatic hydroxyl groups is 1. The van der Waals surface area contributed by atoms with Gasteiger partial charge in [-0.15, -0.1) is 12.4 Å². The number of rotatable bonds is 3. The molecule has 0 radical (unpaired) electrons. The number of aryl methyl sites for hydroxylation is 1. The molecule has 1 aliphatic heterocycles. The van der Waals surface area contributed by atoms with Gasteiger partial charge in [0.2, 0.25) is 5.90 Å². The Morgan fingerprint density at radius 1 is 1.58 bits per heavy atom. The van der Waals surface area contributed by atoms with Crippen molar-refractivity contribution in [2.75, 3.05) is 13.2 Å². The molecule has 1 heterocycles. The summed E-state index contributed by atoms with van der Waals surface area (Å²) in [5.41, 5.74) is 1.00. The zero-order chi connectivity index (χ0) is 13.1. The Hall–Kier alpha value is -1.33. The van der Waals surface area contributed by atoms with Crippen LogP contribution in [0.1, 0.15) is 30.6 Å². The van der Waals surface area contributed by atoms with Crippen molar-refractivity contribution < 1.29 is 19.0 Å². The van der Waals surface area contributed by atoms with E-state index >= 15 is 0 Å². The maximum Gasteiger partial charge on any atom is 0.215 e. The lowest BCUT2D eigenvalue weighted by Gasteiger charge is -2.23. The summed E-state index contributed by atoms with van der Waals surface area (Å²) in [5.74, 6) is -0.239. The van der Waals surface area contributed by atoms with Gasteiger partial charge in [0.25, 0.3) is 0 Å². The van der Waals surface area contributed by atoms with E-state index < -0.39 is 11.9 Å². The number of fused-ring (bicyclic) bond motifs is 1. The van der Waals surface area contributed by atoms with Crippen molar-refractivity contribution in [1.82, 2.24) is 0 Å². The van der Waals surface area contributed by atoms with Crippen LogP contribution in [-0.2, 0) is 11.2 Å². The second kappa shape index (κ2) is 6.73. The van der Waals surface area contributed by atoms with Gasteiger partial charge in [0.15, 0.2) is 6.10 Å². The van der Waals surface area contributed by atoms with Gasteiger partial charge in [-0.3, -0.25) is 5.41 Å². The molecule has 106 valence electrons. The molecule has 0 fully saturated rings. The van der Waals surface area contributed by atoms with Crippen LogP contribution in [-0.4, -0.2) is 24.2 Å². The molecule has 1 atom stereocenters. The first-order valence-electron chi connectivity index (χ1n) is 5.98. The molecule has 0 saturated carbocycles. The van der Waals surface area contributed by atoms with Crippen molar-refractivity contribution in [1.29, 1.82) is 5.41 Å². The van der Waals surface area contributed by atoms with Crippen LogP contribution < -0.4 is 4.74 Å². The molecule has 6 heteroatoms. The molecule has 19 heavy (non-hydrogen) atoms. The number of halogens is 2. The van der Waals surface area contributed by atoms with Gasteiger partial charge in [0.05, 0.1) is 13.2 Å². The van der Waals surface area contributed by atoms with Crippen LogP contribution in [0.15, 0.2) is 12.1 Å². The van der Waals surface area contributed by atoms with Gasteiger partial charge < -0.3 is 14.6 Å². The standard InChI is InChI=1S/C13H16FNO3.ClH/c1-2-17-13(15)11(16)10-7-9(14)6-8-4-3-5-18-12(8)10;/h6-7,11,15-16H,2-5H2,1H3;1H. The highest BCUT2D eigenvalue weighted by Gasteiger charge is 2.24. The fourth-order valence-electron chi connectivity index (χ4n) is 2.05. The second-order valence-electron chi connectivity index (χ2n) is 4.14. The Bertz CT molecular complexity index is 467. The molecule has 0 bridgehead atoms. The van der Waals surface area contributed by atoms with Crippen molar-refractivity contribution in [3.63, 3.8) is 0 Å². The summed E-state index contributed by atoms with van der Waals surface area (Å²) in [5, 5.41) is 17.6. The van der Waals surface area contributed by atoms with E-state index in [9.17, 15) is 9.50 Å². The summed E-state index contributed by atoms with van der Waals surface area (Å²) < 4.78 is 23.9.